The van der Waals surface area contributed by atoms with E-state index in [1.807, 2.05) is 20.8 Å². The van der Waals surface area contributed by atoms with Crippen molar-refractivity contribution >= 4 is 22.9 Å². The van der Waals surface area contributed by atoms with E-state index in [0.717, 1.165) is 5.75 Å². The number of nitrogens with one attached hydrogen (secondary N) is 2. The zero-order valence-corrected chi connectivity index (χ0v) is 15.6. The quantitative estimate of drug-likeness (QED) is 0.682. The Balaban J connectivity index is 4.73. The van der Waals surface area contributed by atoms with Crippen LogP contribution < -0.4 is 10.6 Å². The lowest BCUT2D eigenvalue weighted by molar-refractivity contribution is -0.124. The fourth-order valence-corrected chi connectivity index (χ4v) is 2.34. The van der Waals surface area contributed by atoms with Crippen molar-refractivity contribution in [2.75, 3.05) is 18.3 Å². The Morgan fingerprint density at radius 3 is 2.00 bits per heavy atom. The molecule has 0 aliphatic heterocycles. The van der Waals surface area contributed by atoms with Gasteiger partial charge >= 0.3 is 6.09 Å². The van der Waals surface area contributed by atoms with Crippen molar-refractivity contribution in [2.24, 2.45) is 0 Å². The summed E-state index contributed by atoms with van der Waals surface area (Å²) < 4.78 is 5.23. The van der Waals surface area contributed by atoms with Crippen LogP contribution in [0, 0.1) is 0 Å². The second-order valence-corrected chi connectivity index (χ2v) is 10.1. The molecule has 2 N–H and O–H groups in total. The number of ether oxygens (including phenoxy) is 1. The number of rotatable bonds is 5. The topological polar surface area (TPSA) is 67.4 Å². The second kappa shape index (κ2) is 7.92. The molecule has 1 unspecified atom stereocenters. The summed E-state index contributed by atoms with van der Waals surface area (Å²) in [5, 5.41) is 5.60. The molecule has 1 atom stereocenters. The first-order chi connectivity index (χ1) is 9.30. The van der Waals surface area contributed by atoms with Crippen molar-refractivity contribution < 1.29 is 14.3 Å². The number of amides is 2. The van der Waals surface area contributed by atoms with Crippen LogP contribution in [0.15, 0.2) is 0 Å². The number of thiol groups is 1. The van der Waals surface area contributed by atoms with Crippen LogP contribution in [-0.4, -0.2) is 47.4 Å². The summed E-state index contributed by atoms with van der Waals surface area (Å²) in [4.78, 5) is 24.2. The number of alkyl carbamates (subject to hydrolysis) is 1. The van der Waals surface area contributed by atoms with Gasteiger partial charge in [-0.1, -0.05) is 0 Å². The molecule has 2 amide bonds. The summed E-state index contributed by atoms with van der Waals surface area (Å²) >= 11 is 0. The fourth-order valence-electron chi connectivity index (χ4n) is 1.56. The Labute approximate surface area is 131 Å². The highest BCUT2D eigenvalue weighted by Gasteiger charge is 2.26. The molecule has 0 aromatic carbocycles. The summed E-state index contributed by atoms with van der Waals surface area (Å²) in [6.07, 6.45) is 4.39. The van der Waals surface area contributed by atoms with Gasteiger partial charge in [-0.15, -0.1) is 0 Å². The molecule has 0 heterocycles. The molecule has 0 fully saturated rings. The fraction of sp³-hybridized carbons (Fsp3) is 0.867. The van der Waals surface area contributed by atoms with Crippen LogP contribution in [0.1, 0.15) is 48.0 Å². The molecule has 21 heavy (non-hydrogen) atoms. The molecule has 0 radical (unpaired) electrons. The van der Waals surface area contributed by atoms with Gasteiger partial charge in [0.15, 0.2) is 0 Å². The van der Waals surface area contributed by atoms with E-state index in [1.54, 1.807) is 20.8 Å². The molecule has 5 nitrogen and oxygen atoms in total. The second-order valence-electron chi connectivity index (χ2n) is 7.53. The van der Waals surface area contributed by atoms with Crippen LogP contribution in [0.3, 0.4) is 0 Å². The van der Waals surface area contributed by atoms with Gasteiger partial charge < -0.3 is 15.4 Å². The van der Waals surface area contributed by atoms with Gasteiger partial charge in [-0.2, -0.15) is 0 Å². The minimum absolute atomic E-state index is 0.115. The molecule has 0 bridgehead atoms. The highest BCUT2D eigenvalue weighted by Crippen LogP contribution is 2.16. The van der Waals surface area contributed by atoms with Gasteiger partial charge in [0.2, 0.25) is 5.91 Å². The zero-order chi connectivity index (χ0) is 16.8. The van der Waals surface area contributed by atoms with E-state index in [-0.39, 0.29) is 22.3 Å². The molecule has 0 aromatic heterocycles. The first-order valence-corrected chi connectivity index (χ1v) is 9.68. The predicted molar refractivity (Wildman–Crippen MR) is 91.4 cm³/mol. The van der Waals surface area contributed by atoms with Gasteiger partial charge in [0.25, 0.3) is 0 Å². The molecule has 0 aliphatic carbocycles. The molecular weight excluding hydrogens is 288 g/mol. The maximum Gasteiger partial charge on any atom is 0.408 e. The molecule has 0 spiro atoms. The highest BCUT2D eigenvalue weighted by atomic mass is 32.2. The van der Waals surface area contributed by atoms with Crippen LogP contribution in [0.2, 0.25) is 0 Å². The predicted octanol–water partition coefficient (Wildman–Crippen LogP) is 2.45. The van der Waals surface area contributed by atoms with Crippen LogP contribution in [0.5, 0.6) is 0 Å². The lowest BCUT2D eigenvalue weighted by atomic mass is 10.1. The number of carbonyl (C=O) groups excluding carboxylic acids is 2. The van der Waals surface area contributed by atoms with Crippen molar-refractivity contribution in [3.05, 3.63) is 0 Å². The average molecular weight is 320 g/mol. The lowest BCUT2D eigenvalue weighted by Crippen LogP contribution is -2.53. The van der Waals surface area contributed by atoms with E-state index in [0.29, 0.717) is 6.42 Å². The summed E-state index contributed by atoms with van der Waals surface area (Å²) in [7, 11) is -0.115. The van der Waals surface area contributed by atoms with Crippen molar-refractivity contribution in [1.82, 2.24) is 10.6 Å². The molecular formula is C15H32N2O3S. The largest absolute Gasteiger partial charge is 0.444 e. The Kier molecular flexibility index (Phi) is 7.57. The Hall–Kier alpha value is -0.910. The van der Waals surface area contributed by atoms with E-state index in [9.17, 15) is 9.59 Å². The first-order valence-electron chi connectivity index (χ1n) is 7.26. The molecule has 0 saturated carbocycles. The average Bonchev–Trinajstić information content (AvgIpc) is 2.18. The number of carbonyl (C=O) groups is 2. The van der Waals surface area contributed by atoms with Crippen LogP contribution in [-0.2, 0) is 9.53 Å². The van der Waals surface area contributed by atoms with Crippen LogP contribution in [0.25, 0.3) is 0 Å². The van der Waals surface area contributed by atoms with Gasteiger partial charge in [0.05, 0.1) is 0 Å². The normalized spacial score (nSPS) is 14.2. The smallest absolute Gasteiger partial charge is 0.408 e. The molecule has 0 aliphatic rings. The minimum Gasteiger partial charge on any atom is -0.444 e. The zero-order valence-electron chi connectivity index (χ0n) is 14.7. The van der Waals surface area contributed by atoms with Gasteiger partial charge in [0.1, 0.15) is 11.6 Å². The van der Waals surface area contributed by atoms with Crippen molar-refractivity contribution in [3.8, 4) is 0 Å². The molecule has 0 saturated heterocycles. The van der Waals surface area contributed by atoms with Gasteiger partial charge in [-0.05, 0) is 66.2 Å². The standard InChI is InChI=1S/C15H32N2O3S/c1-14(2,3)17-12(18)11(9-10-21(7)8)16-13(19)20-15(4,5)6/h11,21H,9-10H2,1-8H3,(H,16,19)(H,17,18). The number of hydrogen-bond donors (Lipinski definition) is 3. The third-order valence-electron chi connectivity index (χ3n) is 2.37. The van der Waals surface area contributed by atoms with Crippen LogP contribution >= 0.6 is 10.9 Å². The number of hydrogen-bond acceptors (Lipinski definition) is 3. The molecule has 126 valence electrons. The minimum atomic E-state index is -0.572. The highest BCUT2D eigenvalue weighted by molar-refractivity contribution is 8.15. The van der Waals surface area contributed by atoms with Crippen molar-refractivity contribution in [3.63, 3.8) is 0 Å². The van der Waals surface area contributed by atoms with E-state index >= 15 is 0 Å². The SMILES string of the molecule is C[SH](C)CCC(NC(=O)OC(C)(C)C)C(=O)NC(C)(C)C. The van der Waals surface area contributed by atoms with E-state index in [2.05, 4.69) is 23.1 Å². The maximum atomic E-state index is 12.3. The monoisotopic (exact) mass is 320 g/mol. The van der Waals surface area contributed by atoms with Gasteiger partial charge in [-0.25, -0.2) is 4.79 Å². The Bertz CT molecular complexity index is 357. The van der Waals surface area contributed by atoms with Crippen molar-refractivity contribution in [1.29, 1.82) is 0 Å². The van der Waals surface area contributed by atoms with E-state index < -0.39 is 17.7 Å². The van der Waals surface area contributed by atoms with E-state index in [1.165, 1.54) is 0 Å². The summed E-state index contributed by atoms with van der Waals surface area (Å²) in [5.74, 6) is 0.762. The molecule has 6 heteroatoms. The summed E-state index contributed by atoms with van der Waals surface area (Å²) in [6.45, 7) is 11.2. The summed E-state index contributed by atoms with van der Waals surface area (Å²) in [6, 6.07) is -0.552. The lowest BCUT2D eigenvalue weighted by Gasteiger charge is -2.27. The third-order valence-corrected chi connectivity index (χ3v) is 3.52. The van der Waals surface area contributed by atoms with Crippen LogP contribution in [0.4, 0.5) is 4.79 Å². The maximum absolute atomic E-state index is 12.3. The van der Waals surface area contributed by atoms with Gasteiger partial charge in [-0.3, -0.25) is 15.7 Å². The Morgan fingerprint density at radius 2 is 1.62 bits per heavy atom. The van der Waals surface area contributed by atoms with Crippen molar-refractivity contribution in [2.45, 2.75) is 65.1 Å². The molecule has 0 aromatic rings. The van der Waals surface area contributed by atoms with E-state index in [4.69, 9.17) is 4.74 Å². The molecule has 0 rings (SSSR count). The first kappa shape index (κ1) is 20.1. The Morgan fingerprint density at radius 1 is 1.10 bits per heavy atom. The van der Waals surface area contributed by atoms with Gasteiger partial charge in [0, 0.05) is 5.54 Å². The third kappa shape index (κ3) is 11.4. The summed E-state index contributed by atoms with van der Waals surface area (Å²) in [5.41, 5.74) is -0.897.